The molecule has 1 aliphatic carbocycles. The summed E-state index contributed by atoms with van der Waals surface area (Å²) in [5.74, 6) is -0.488. The Balaban J connectivity index is 1.86. The van der Waals surface area contributed by atoms with Crippen LogP contribution in [0, 0.1) is 0 Å². The van der Waals surface area contributed by atoms with Crippen LogP contribution in [0.1, 0.15) is 25.7 Å². The second-order valence-corrected chi connectivity index (χ2v) is 4.46. The smallest absolute Gasteiger partial charge is 0.326 e. The first-order valence-electron chi connectivity index (χ1n) is 6.20. The molecule has 5 nitrogen and oxygen atoms in total. The molecular formula is C13H17NO4. The number of hydrogen-bond acceptors (Lipinski definition) is 3. The summed E-state index contributed by atoms with van der Waals surface area (Å²) in [6, 6.07) is -0.683. The summed E-state index contributed by atoms with van der Waals surface area (Å²) in [5, 5.41) is 8.99. The fourth-order valence-corrected chi connectivity index (χ4v) is 2.25. The summed E-state index contributed by atoms with van der Waals surface area (Å²) >= 11 is 0. The predicted octanol–water partition coefficient (Wildman–Crippen LogP) is 1.31. The maximum absolute atomic E-state index is 11.9. The van der Waals surface area contributed by atoms with E-state index in [2.05, 4.69) is 0 Å². The molecule has 0 aromatic heterocycles. The molecule has 18 heavy (non-hydrogen) atoms. The number of carboxylic acids is 1. The van der Waals surface area contributed by atoms with E-state index < -0.39 is 12.0 Å². The van der Waals surface area contributed by atoms with Gasteiger partial charge in [0.05, 0.1) is 0 Å². The van der Waals surface area contributed by atoms with E-state index in [0.717, 1.165) is 19.3 Å². The lowest BCUT2D eigenvalue weighted by atomic mass is 10.2. The highest BCUT2D eigenvalue weighted by Gasteiger charge is 2.33. The lowest BCUT2D eigenvalue weighted by molar-refractivity contribution is -0.149. The van der Waals surface area contributed by atoms with E-state index in [9.17, 15) is 9.59 Å². The minimum absolute atomic E-state index is 0.0834. The number of hydrogen-bond donors (Lipinski definition) is 1. The van der Waals surface area contributed by atoms with Crippen LogP contribution >= 0.6 is 0 Å². The highest BCUT2D eigenvalue weighted by molar-refractivity contribution is 5.85. The molecule has 0 aromatic carbocycles. The first-order chi connectivity index (χ1) is 8.68. The Kier molecular flexibility index (Phi) is 4.02. The van der Waals surface area contributed by atoms with Crippen LogP contribution in [0.15, 0.2) is 24.0 Å². The molecule has 1 unspecified atom stereocenters. The van der Waals surface area contributed by atoms with E-state index in [1.54, 1.807) is 0 Å². The summed E-state index contributed by atoms with van der Waals surface area (Å²) in [7, 11) is 0. The molecular weight excluding hydrogens is 234 g/mol. The van der Waals surface area contributed by atoms with Crippen LogP contribution in [0.25, 0.3) is 0 Å². The van der Waals surface area contributed by atoms with Gasteiger partial charge in [0.25, 0.3) is 5.91 Å². The van der Waals surface area contributed by atoms with Crippen LogP contribution in [0.4, 0.5) is 0 Å². The largest absolute Gasteiger partial charge is 0.484 e. The van der Waals surface area contributed by atoms with E-state index in [4.69, 9.17) is 9.84 Å². The van der Waals surface area contributed by atoms with Gasteiger partial charge in [0.1, 0.15) is 11.8 Å². The third-order valence-corrected chi connectivity index (χ3v) is 3.18. The van der Waals surface area contributed by atoms with Crippen LogP contribution < -0.4 is 0 Å². The zero-order valence-electron chi connectivity index (χ0n) is 10.2. The molecule has 0 bridgehead atoms. The highest BCUT2D eigenvalue weighted by Crippen LogP contribution is 2.18. The van der Waals surface area contributed by atoms with E-state index in [0.29, 0.717) is 18.7 Å². The van der Waals surface area contributed by atoms with Crippen molar-refractivity contribution in [1.82, 2.24) is 4.90 Å². The number of amides is 1. The number of likely N-dealkylation sites (tertiary alicyclic amines) is 1. The summed E-state index contributed by atoms with van der Waals surface area (Å²) in [5.41, 5.74) is 0. The summed E-state index contributed by atoms with van der Waals surface area (Å²) in [4.78, 5) is 24.3. The van der Waals surface area contributed by atoms with Gasteiger partial charge in [-0.15, -0.1) is 0 Å². The van der Waals surface area contributed by atoms with Gasteiger partial charge in [-0.3, -0.25) is 4.79 Å². The Bertz CT molecular complexity index is 400. The molecule has 0 spiro atoms. The van der Waals surface area contributed by atoms with Crippen molar-refractivity contribution in [3.63, 3.8) is 0 Å². The fraction of sp³-hybridized carbons (Fsp3) is 0.538. The van der Waals surface area contributed by atoms with Gasteiger partial charge in [-0.05, 0) is 37.8 Å². The minimum atomic E-state index is -0.933. The Morgan fingerprint density at radius 3 is 2.94 bits per heavy atom. The van der Waals surface area contributed by atoms with Crippen LogP contribution in [-0.4, -0.2) is 41.1 Å². The van der Waals surface area contributed by atoms with Crippen molar-refractivity contribution in [3.05, 3.63) is 24.0 Å². The monoisotopic (exact) mass is 251 g/mol. The minimum Gasteiger partial charge on any atom is -0.484 e. The Morgan fingerprint density at radius 1 is 1.44 bits per heavy atom. The van der Waals surface area contributed by atoms with Gasteiger partial charge in [-0.2, -0.15) is 0 Å². The quantitative estimate of drug-likeness (QED) is 0.818. The average Bonchev–Trinajstić information content (AvgIpc) is 2.86. The number of nitrogens with zero attached hydrogens (tertiary/aromatic N) is 1. The number of carboxylic acid groups (broad SMARTS) is 1. The molecule has 1 atom stereocenters. The van der Waals surface area contributed by atoms with Gasteiger partial charge in [0, 0.05) is 6.54 Å². The van der Waals surface area contributed by atoms with Gasteiger partial charge in [-0.25, -0.2) is 4.79 Å². The van der Waals surface area contributed by atoms with Gasteiger partial charge in [-0.1, -0.05) is 6.08 Å². The van der Waals surface area contributed by atoms with Gasteiger partial charge in [0.15, 0.2) is 6.61 Å². The van der Waals surface area contributed by atoms with Crippen molar-refractivity contribution < 1.29 is 19.4 Å². The molecule has 1 fully saturated rings. The van der Waals surface area contributed by atoms with E-state index >= 15 is 0 Å². The number of carbonyl (C=O) groups excluding carboxylic acids is 1. The summed E-state index contributed by atoms with van der Waals surface area (Å²) in [6.07, 6.45) is 8.96. The molecule has 2 rings (SSSR count). The molecule has 1 aliphatic heterocycles. The zero-order chi connectivity index (χ0) is 13.0. The molecule has 0 radical (unpaired) electrons. The lowest BCUT2D eigenvalue weighted by Gasteiger charge is -2.21. The maximum atomic E-state index is 11.9. The molecule has 1 N–H and O–H groups in total. The molecule has 1 amide bonds. The van der Waals surface area contributed by atoms with Crippen molar-refractivity contribution in [3.8, 4) is 0 Å². The SMILES string of the molecule is O=C(O)C1CCCN1C(=O)COC1=CCCC=C1. The van der Waals surface area contributed by atoms with Crippen molar-refractivity contribution in [2.75, 3.05) is 13.2 Å². The van der Waals surface area contributed by atoms with Crippen LogP contribution in [-0.2, 0) is 14.3 Å². The molecule has 0 aromatic rings. The first-order valence-corrected chi connectivity index (χ1v) is 6.20. The van der Waals surface area contributed by atoms with Gasteiger partial charge < -0.3 is 14.7 Å². The normalized spacial score (nSPS) is 22.8. The Hall–Kier alpha value is -1.78. The predicted molar refractivity (Wildman–Crippen MR) is 64.8 cm³/mol. The topological polar surface area (TPSA) is 66.8 Å². The number of aliphatic carboxylic acids is 1. The van der Waals surface area contributed by atoms with Crippen LogP contribution in [0.2, 0.25) is 0 Å². The fourth-order valence-electron chi connectivity index (χ4n) is 2.25. The molecule has 5 heteroatoms. The zero-order valence-corrected chi connectivity index (χ0v) is 10.2. The van der Waals surface area contributed by atoms with Crippen molar-refractivity contribution in [2.45, 2.75) is 31.7 Å². The molecule has 0 saturated carbocycles. The van der Waals surface area contributed by atoms with Gasteiger partial charge >= 0.3 is 5.97 Å². The first kappa shape index (κ1) is 12.7. The number of ether oxygens (including phenoxy) is 1. The highest BCUT2D eigenvalue weighted by atomic mass is 16.5. The average molecular weight is 251 g/mol. The Morgan fingerprint density at radius 2 is 2.28 bits per heavy atom. The van der Waals surface area contributed by atoms with Crippen molar-refractivity contribution in [1.29, 1.82) is 0 Å². The number of carbonyl (C=O) groups is 2. The van der Waals surface area contributed by atoms with Gasteiger partial charge in [0.2, 0.25) is 0 Å². The third kappa shape index (κ3) is 2.91. The standard InChI is InChI=1S/C13H17NO4/c15-12(9-18-10-5-2-1-3-6-10)14-8-4-7-11(14)13(16)17/h2,5-6,11H,1,3-4,7-9H2,(H,16,17). The van der Waals surface area contributed by atoms with Crippen molar-refractivity contribution in [2.24, 2.45) is 0 Å². The van der Waals surface area contributed by atoms with Crippen molar-refractivity contribution >= 4 is 11.9 Å². The number of allylic oxidation sites excluding steroid dienone is 3. The second-order valence-electron chi connectivity index (χ2n) is 4.46. The molecule has 1 heterocycles. The molecule has 98 valence electrons. The molecule has 1 saturated heterocycles. The van der Waals surface area contributed by atoms with E-state index in [1.807, 2.05) is 18.2 Å². The third-order valence-electron chi connectivity index (χ3n) is 3.18. The van der Waals surface area contributed by atoms with E-state index in [-0.39, 0.29) is 12.5 Å². The van der Waals surface area contributed by atoms with E-state index in [1.165, 1.54) is 4.90 Å². The van der Waals surface area contributed by atoms with Crippen LogP contribution in [0.3, 0.4) is 0 Å². The summed E-state index contributed by atoms with van der Waals surface area (Å²) in [6.45, 7) is 0.425. The van der Waals surface area contributed by atoms with Crippen LogP contribution in [0.5, 0.6) is 0 Å². The second kappa shape index (κ2) is 5.71. The lowest BCUT2D eigenvalue weighted by Crippen LogP contribution is -2.42. The number of rotatable bonds is 4. The molecule has 2 aliphatic rings. The maximum Gasteiger partial charge on any atom is 0.326 e. The Labute approximate surface area is 106 Å². The summed E-state index contributed by atoms with van der Waals surface area (Å²) < 4.78 is 5.38.